The molecule has 0 atom stereocenters. The molecule has 0 amide bonds. The Morgan fingerprint density at radius 3 is 1.00 bits per heavy atom. The summed E-state index contributed by atoms with van der Waals surface area (Å²) < 4.78 is 0. The van der Waals surface area contributed by atoms with Crippen molar-refractivity contribution in [3.63, 3.8) is 0 Å². The molecule has 5 heavy (non-hydrogen) atoms. The number of rotatable bonds is 0. The number of hydrogen-bond acceptors (Lipinski definition) is 3. The molecule has 3 N–H and O–H groups in total. The molecule has 0 spiro atoms. The van der Waals surface area contributed by atoms with Gasteiger partial charge in [0, 0.05) is 41.7 Å². The van der Waals surface area contributed by atoms with Crippen LogP contribution in [-0.2, 0) is 0 Å². The summed E-state index contributed by atoms with van der Waals surface area (Å²) in [6, 6.07) is 0. The maximum atomic E-state index is 7.23. The SMILES string of the molecule is OP(O)O.[Ce]. The molecule has 0 aliphatic rings. The fourth-order valence-electron chi connectivity index (χ4n) is 0. The summed E-state index contributed by atoms with van der Waals surface area (Å²) in [5, 5.41) is 0. The molecule has 0 aromatic rings. The Balaban J connectivity index is 0. The van der Waals surface area contributed by atoms with E-state index in [0.29, 0.717) is 0 Å². The average molecular weight is 222 g/mol. The minimum Gasteiger partial charge on any atom is -0.328 e. The maximum absolute atomic E-state index is 7.23. The molecule has 0 bridgehead atoms. The van der Waals surface area contributed by atoms with Gasteiger partial charge in [0.05, 0.1) is 0 Å². The molecule has 0 rings (SSSR count). The van der Waals surface area contributed by atoms with Gasteiger partial charge < -0.3 is 14.7 Å². The third-order valence-electron chi connectivity index (χ3n) is 0. The predicted molar refractivity (Wildman–Crippen MR) is 13.6 cm³/mol. The van der Waals surface area contributed by atoms with Crippen molar-refractivity contribution in [3.05, 3.63) is 0 Å². The molecule has 5 heteroatoms. The Morgan fingerprint density at radius 1 is 1.00 bits per heavy atom. The first-order chi connectivity index (χ1) is 1.73. The topological polar surface area (TPSA) is 60.7 Å². The summed E-state index contributed by atoms with van der Waals surface area (Å²) in [4.78, 5) is 21.7. The minimum absolute atomic E-state index is 0. The molecule has 0 fully saturated rings. The van der Waals surface area contributed by atoms with Gasteiger partial charge in [-0.25, -0.2) is 0 Å². The molecule has 0 saturated carbocycles. The van der Waals surface area contributed by atoms with Gasteiger partial charge in [0.15, 0.2) is 0 Å². The Morgan fingerprint density at radius 2 is 1.00 bits per heavy atom. The van der Waals surface area contributed by atoms with Gasteiger partial charge in [-0.1, -0.05) is 0 Å². The third-order valence-corrected chi connectivity index (χ3v) is 0. The quantitative estimate of drug-likeness (QED) is 0.470. The van der Waals surface area contributed by atoms with Crippen LogP contribution in [0.4, 0.5) is 0 Å². The Bertz CT molecular complexity index is 11.6. The van der Waals surface area contributed by atoms with Crippen molar-refractivity contribution in [2.45, 2.75) is 0 Å². The summed E-state index contributed by atoms with van der Waals surface area (Å²) >= 11 is 0. The maximum Gasteiger partial charge on any atom is 0.324 e. The molecular weight excluding hydrogens is 219 g/mol. The van der Waals surface area contributed by atoms with Crippen LogP contribution in [0.15, 0.2) is 0 Å². The zero-order valence-electron chi connectivity index (χ0n) is 2.29. The van der Waals surface area contributed by atoms with Gasteiger partial charge in [-0.3, -0.25) is 0 Å². The molecule has 3 nitrogen and oxygen atoms in total. The molecule has 0 saturated heterocycles. The van der Waals surface area contributed by atoms with Gasteiger partial charge in [0.25, 0.3) is 0 Å². The van der Waals surface area contributed by atoms with Crippen LogP contribution in [0.1, 0.15) is 0 Å². The largest absolute Gasteiger partial charge is 0.328 e. The second-order valence-corrected chi connectivity index (χ2v) is 0.805. The van der Waals surface area contributed by atoms with E-state index in [1.807, 2.05) is 0 Å². The van der Waals surface area contributed by atoms with Crippen LogP contribution in [0.5, 0.6) is 0 Å². The Kier molecular flexibility index (Phi) is 11.2. The van der Waals surface area contributed by atoms with Gasteiger partial charge in [-0.05, 0) is 0 Å². The Labute approximate surface area is 64.4 Å². The fourth-order valence-corrected chi connectivity index (χ4v) is 0. The smallest absolute Gasteiger partial charge is 0.324 e. The van der Waals surface area contributed by atoms with Crippen LogP contribution in [0.3, 0.4) is 0 Å². The van der Waals surface area contributed by atoms with Gasteiger partial charge in [-0.2, -0.15) is 0 Å². The summed E-state index contributed by atoms with van der Waals surface area (Å²) in [5.74, 6) is 0. The molecule has 0 aromatic carbocycles. The summed E-state index contributed by atoms with van der Waals surface area (Å²) in [6.45, 7) is 0. The minimum atomic E-state index is -2.62. The first-order valence-corrected chi connectivity index (χ1v) is 1.80. The molecule has 30 valence electrons. The van der Waals surface area contributed by atoms with E-state index in [9.17, 15) is 0 Å². The molecule has 0 heterocycles. The van der Waals surface area contributed by atoms with E-state index < -0.39 is 8.60 Å². The van der Waals surface area contributed by atoms with E-state index in [4.69, 9.17) is 14.7 Å². The summed E-state index contributed by atoms with van der Waals surface area (Å²) in [7, 11) is -2.62. The third kappa shape index (κ3) is 27.2. The second-order valence-electron chi connectivity index (χ2n) is 0.268. The van der Waals surface area contributed by atoms with E-state index in [1.165, 1.54) is 0 Å². The van der Waals surface area contributed by atoms with Crippen LogP contribution in [0.25, 0.3) is 0 Å². The van der Waals surface area contributed by atoms with Gasteiger partial charge >= 0.3 is 8.60 Å². The first kappa shape index (κ1) is 9.84. The first-order valence-electron chi connectivity index (χ1n) is 0.600. The van der Waals surface area contributed by atoms with Gasteiger partial charge in [0.2, 0.25) is 0 Å². The van der Waals surface area contributed by atoms with E-state index >= 15 is 0 Å². The molecular formula is H3CeO3P. The van der Waals surface area contributed by atoms with Crippen molar-refractivity contribution >= 4 is 8.60 Å². The Hall–Kier alpha value is 1.69. The van der Waals surface area contributed by atoms with Crippen LogP contribution in [-0.4, -0.2) is 14.7 Å². The molecule has 0 aliphatic carbocycles. The van der Waals surface area contributed by atoms with Crippen molar-refractivity contribution in [3.8, 4) is 0 Å². The standard InChI is InChI=1S/Ce.H3O3P/c;1-4(2)3/h;1-3H. The van der Waals surface area contributed by atoms with Crippen LogP contribution >= 0.6 is 8.60 Å². The van der Waals surface area contributed by atoms with Crippen molar-refractivity contribution in [2.75, 3.05) is 0 Å². The fraction of sp³-hybridized carbons (Fsp3) is 0. The molecule has 0 radical (unpaired) electrons. The molecule has 0 unspecified atom stereocenters. The zero-order valence-corrected chi connectivity index (χ0v) is 6.32. The average Bonchev–Trinajstić information content (AvgIpc) is 0.811. The van der Waals surface area contributed by atoms with Crippen molar-refractivity contribution in [2.24, 2.45) is 0 Å². The molecule has 0 aromatic heterocycles. The van der Waals surface area contributed by atoms with Crippen LogP contribution in [0.2, 0.25) is 0 Å². The van der Waals surface area contributed by atoms with E-state index in [-0.39, 0.29) is 41.7 Å². The normalized spacial score (nSPS) is 7.20. The van der Waals surface area contributed by atoms with E-state index in [1.54, 1.807) is 0 Å². The second kappa shape index (κ2) is 5.69. The molecule has 0 aliphatic heterocycles. The summed E-state index contributed by atoms with van der Waals surface area (Å²) in [6.07, 6.45) is 0. The van der Waals surface area contributed by atoms with E-state index in [2.05, 4.69) is 0 Å². The van der Waals surface area contributed by atoms with Crippen molar-refractivity contribution in [1.29, 1.82) is 0 Å². The summed E-state index contributed by atoms with van der Waals surface area (Å²) in [5.41, 5.74) is 0. The number of hydrogen-bond donors (Lipinski definition) is 3. The monoisotopic (exact) mass is 222 g/mol. The van der Waals surface area contributed by atoms with Crippen molar-refractivity contribution in [1.82, 2.24) is 0 Å². The van der Waals surface area contributed by atoms with Crippen LogP contribution < -0.4 is 0 Å². The van der Waals surface area contributed by atoms with Gasteiger partial charge in [0.1, 0.15) is 0 Å². The predicted octanol–water partition coefficient (Wildman–Crippen LogP) is -0.810. The van der Waals surface area contributed by atoms with Gasteiger partial charge in [-0.15, -0.1) is 0 Å². The van der Waals surface area contributed by atoms with Crippen LogP contribution in [0, 0.1) is 41.7 Å². The zero-order chi connectivity index (χ0) is 3.58. The van der Waals surface area contributed by atoms with Crippen molar-refractivity contribution < 1.29 is 56.4 Å². The van der Waals surface area contributed by atoms with E-state index in [0.717, 1.165) is 0 Å².